The third-order valence-electron chi connectivity index (χ3n) is 4.76. The number of rotatable bonds is 4. The Bertz CT molecular complexity index is 688. The van der Waals surface area contributed by atoms with Gasteiger partial charge in [0.15, 0.2) is 5.82 Å². The quantitative estimate of drug-likeness (QED) is 0.795. The first-order valence-corrected chi connectivity index (χ1v) is 8.54. The van der Waals surface area contributed by atoms with Gasteiger partial charge >= 0.3 is 0 Å². The van der Waals surface area contributed by atoms with Crippen molar-refractivity contribution in [1.29, 1.82) is 0 Å². The number of aromatic nitrogens is 2. The highest BCUT2D eigenvalue weighted by molar-refractivity contribution is 6.29. The van der Waals surface area contributed by atoms with E-state index in [1.807, 2.05) is 6.07 Å². The Kier molecular flexibility index (Phi) is 3.95. The van der Waals surface area contributed by atoms with Gasteiger partial charge in [0, 0.05) is 31.7 Å². The second-order valence-corrected chi connectivity index (χ2v) is 6.73. The largest absolute Gasteiger partial charge is 0.370 e. The second-order valence-electron chi connectivity index (χ2n) is 6.34. The lowest BCUT2D eigenvalue weighted by molar-refractivity contribution is 0.105. The average molecular weight is 330 g/mol. The molecular formula is C18H20ClN3O. The summed E-state index contributed by atoms with van der Waals surface area (Å²) in [4.78, 5) is 11.3. The van der Waals surface area contributed by atoms with Gasteiger partial charge in [-0.15, -0.1) is 0 Å². The molecule has 3 atom stereocenters. The summed E-state index contributed by atoms with van der Waals surface area (Å²) in [6, 6.07) is 13.0. The zero-order valence-corrected chi connectivity index (χ0v) is 13.9. The van der Waals surface area contributed by atoms with E-state index >= 15 is 0 Å². The summed E-state index contributed by atoms with van der Waals surface area (Å²) in [7, 11) is 2.09. The lowest BCUT2D eigenvalue weighted by Crippen LogP contribution is -2.23. The molecule has 0 amide bonds. The van der Waals surface area contributed by atoms with E-state index in [2.05, 4.69) is 47.3 Å². The highest BCUT2D eigenvalue weighted by Crippen LogP contribution is 2.45. The Hall–Kier alpha value is -1.65. The number of likely N-dealkylation sites (N-methyl/N-ethyl adjacent to an activating group) is 1. The van der Waals surface area contributed by atoms with Crippen molar-refractivity contribution in [3.63, 3.8) is 0 Å². The molecule has 1 saturated heterocycles. The molecule has 0 bridgehead atoms. The van der Waals surface area contributed by atoms with Crippen LogP contribution >= 0.6 is 11.6 Å². The summed E-state index contributed by atoms with van der Waals surface area (Å²) in [6.45, 7) is 0.782. The Balaban J connectivity index is 1.54. The van der Waals surface area contributed by atoms with Gasteiger partial charge in [0.05, 0.1) is 0 Å². The molecule has 2 aliphatic rings. The molecule has 4 nitrogen and oxygen atoms in total. The van der Waals surface area contributed by atoms with Gasteiger partial charge in [0.25, 0.3) is 0 Å². The average Bonchev–Trinajstić information content (AvgIpc) is 3.18. The van der Waals surface area contributed by atoms with E-state index in [4.69, 9.17) is 21.3 Å². The third-order valence-corrected chi connectivity index (χ3v) is 4.95. The molecule has 1 aliphatic carbocycles. The number of halogens is 1. The van der Waals surface area contributed by atoms with E-state index in [9.17, 15) is 0 Å². The number of benzene rings is 1. The van der Waals surface area contributed by atoms with Crippen molar-refractivity contribution in [2.75, 3.05) is 18.6 Å². The molecule has 1 aromatic carbocycles. The van der Waals surface area contributed by atoms with Gasteiger partial charge in [-0.3, -0.25) is 0 Å². The maximum absolute atomic E-state index is 6.22. The molecule has 1 aromatic heterocycles. The highest BCUT2D eigenvalue weighted by atomic mass is 35.5. The van der Waals surface area contributed by atoms with Crippen molar-refractivity contribution in [1.82, 2.24) is 9.97 Å². The van der Waals surface area contributed by atoms with Crippen molar-refractivity contribution in [2.24, 2.45) is 0 Å². The van der Waals surface area contributed by atoms with Crippen LogP contribution < -0.4 is 4.90 Å². The monoisotopic (exact) mass is 329 g/mol. The molecule has 2 fully saturated rings. The summed E-state index contributed by atoms with van der Waals surface area (Å²) >= 11 is 6.22. The first-order valence-electron chi connectivity index (χ1n) is 8.16. The second kappa shape index (κ2) is 6.10. The standard InChI is InChI=1S/C18H20ClN3O/c1-22(14-10-13(14)12-6-3-2-4-7-12)17-11-16(19)20-18(21-17)15-8-5-9-23-15/h2-4,6-7,11,13-15H,5,8-10H2,1H3. The van der Waals surface area contributed by atoms with Crippen molar-refractivity contribution in [2.45, 2.75) is 37.3 Å². The molecule has 23 heavy (non-hydrogen) atoms. The molecule has 2 heterocycles. The molecule has 0 radical (unpaired) electrons. The fraction of sp³-hybridized carbons (Fsp3) is 0.444. The molecule has 3 unspecified atom stereocenters. The van der Waals surface area contributed by atoms with Crippen LogP contribution in [0.2, 0.25) is 5.15 Å². The minimum Gasteiger partial charge on any atom is -0.370 e. The van der Waals surface area contributed by atoms with E-state index < -0.39 is 0 Å². The number of hydrogen-bond donors (Lipinski definition) is 0. The Morgan fingerprint density at radius 3 is 2.78 bits per heavy atom. The first kappa shape index (κ1) is 14.9. The van der Waals surface area contributed by atoms with E-state index in [1.165, 1.54) is 5.56 Å². The number of anilines is 1. The van der Waals surface area contributed by atoms with E-state index in [0.717, 1.165) is 31.7 Å². The van der Waals surface area contributed by atoms with Crippen LogP contribution in [0, 0.1) is 0 Å². The highest BCUT2D eigenvalue weighted by Gasteiger charge is 2.42. The Morgan fingerprint density at radius 1 is 1.22 bits per heavy atom. The summed E-state index contributed by atoms with van der Waals surface area (Å²) in [6.07, 6.45) is 3.17. The predicted molar refractivity (Wildman–Crippen MR) is 91.0 cm³/mol. The summed E-state index contributed by atoms with van der Waals surface area (Å²) in [5, 5.41) is 0.490. The smallest absolute Gasteiger partial charge is 0.161 e. The maximum Gasteiger partial charge on any atom is 0.161 e. The van der Waals surface area contributed by atoms with Crippen LogP contribution in [-0.4, -0.2) is 29.7 Å². The van der Waals surface area contributed by atoms with Gasteiger partial charge < -0.3 is 9.64 Å². The molecule has 2 aromatic rings. The molecule has 4 rings (SSSR count). The molecular weight excluding hydrogens is 310 g/mol. The van der Waals surface area contributed by atoms with Crippen LogP contribution in [0.1, 0.15) is 42.7 Å². The van der Waals surface area contributed by atoms with Crippen LogP contribution in [-0.2, 0) is 4.74 Å². The Labute approximate surface area is 141 Å². The first-order chi connectivity index (χ1) is 11.2. The van der Waals surface area contributed by atoms with Crippen LogP contribution in [0.25, 0.3) is 0 Å². The van der Waals surface area contributed by atoms with Gasteiger partial charge in [-0.2, -0.15) is 0 Å². The minimum atomic E-state index is -0.00928. The lowest BCUT2D eigenvalue weighted by Gasteiger charge is -2.20. The summed E-state index contributed by atoms with van der Waals surface area (Å²) in [5.41, 5.74) is 1.39. The zero-order valence-electron chi connectivity index (χ0n) is 13.2. The predicted octanol–water partition coefficient (Wildman–Crippen LogP) is 3.97. The third kappa shape index (κ3) is 3.06. The van der Waals surface area contributed by atoms with Crippen LogP contribution in [0.15, 0.2) is 36.4 Å². The van der Waals surface area contributed by atoms with Crippen LogP contribution in [0.4, 0.5) is 5.82 Å². The fourth-order valence-electron chi connectivity index (χ4n) is 3.37. The number of nitrogens with zero attached hydrogens (tertiary/aromatic N) is 3. The van der Waals surface area contributed by atoms with Gasteiger partial charge in [-0.1, -0.05) is 41.9 Å². The molecule has 1 saturated carbocycles. The molecule has 0 N–H and O–H groups in total. The van der Waals surface area contributed by atoms with E-state index in [1.54, 1.807) is 0 Å². The number of ether oxygens (including phenoxy) is 1. The lowest BCUT2D eigenvalue weighted by atomic mass is 10.1. The van der Waals surface area contributed by atoms with Crippen molar-refractivity contribution < 1.29 is 4.74 Å². The molecule has 120 valence electrons. The fourth-order valence-corrected chi connectivity index (χ4v) is 3.55. The minimum absolute atomic E-state index is 0.00928. The van der Waals surface area contributed by atoms with Gasteiger partial charge in [-0.25, -0.2) is 9.97 Å². The maximum atomic E-state index is 6.22. The number of hydrogen-bond acceptors (Lipinski definition) is 4. The molecule has 0 spiro atoms. The van der Waals surface area contributed by atoms with Gasteiger partial charge in [-0.05, 0) is 24.8 Å². The van der Waals surface area contributed by atoms with Gasteiger partial charge in [0.1, 0.15) is 17.1 Å². The van der Waals surface area contributed by atoms with Crippen molar-refractivity contribution >= 4 is 17.4 Å². The normalized spacial score (nSPS) is 26.3. The molecule has 1 aliphatic heterocycles. The van der Waals surface area contributed by atoms with E-state index in [0.29, 0.717) is 22.9 Å². The Morgan fingerprint density at radius 2 is 2.04 bits per heavy atom. The topological polar surface area (TPSA) is 38.2 Å². The summed E-state index contributed by atoms with van der Waals surface area (Å²) in [5.74, 6) is 2.17. The zero-order chi connectivity index (χ0) is 15.8. The SMILES string of the molecule is CN(c1cc(Cl)nc(C2CCCO2)n1)C1CC1c1ccccc1. The van der Waals surface area contributed by atoms with Crippen molar-refractivity contribution in [3.05, 3.63) is 52.9 Å². The molecule has 5 heteroatoms. The van der Waals surface area contributed by atoms with Crippen molar-refractivity contribution in [3.8, 4) is 0 Å². The van der Waals surface area contributed by atoms with E-state index in [-0.39, 0.29) is 6.10 Å². The van der Waals surface area contributed by atoms with Crippen LogP contribution in [0.5, 0.6) is 0 Å². The van der Waals surface area contributed by atoms with Gasteiger partial charge in [0.2, 0.25) is 0 Å². The summed E-state index contributed by atoms with van der Waals surface area (Å²) < 4.78 is 5.69. The van der Waals surface area contributed by atoms with Crippen LogP contribution in [0.3, 0.4) is 0 Å².